The van der Waals surface area contributed by atoms with Crippen LogP contribution in [-0.4, -0.2) is 4.92 Å². The van der Waals surface area contributed by atoms with Gasteiger partial charge in [0.15, 0.2) is 0 Å². The molecular formula is C8H6N2O2P2S5. The van der Waals surface area contributed by atoms with Gasteiger partial charge in [0.2, 0.25) is 0 Å². The summed E-state index contributed by atoms with van der Waals surface area (Å²) < 4.78 is 0. The average Bonchev–Trinajstić information content (AvgIpc) is 2.40. The lowest BCUT2D eigenvalue weighted by Crippen LogP contribution is -1.92. The Morgan fingerprint density at radius 3 is 2.68 bits per heavy atom. The zero-order valence-electron chi connectivity index (χ0n) is 9.38. The van der Waals surface area contributed by atoms with Crippen molar-refractivity contribution in [2.45, 2.75) is 6.92 Å². The predicted octanol–water partition coefficient (Wildman–Crippen LogP) is 3.49. The molecule has 0 saturated heterocycles. The molecule has 1 aromatic carbocycles. The molecule has 0 N–H and O–H groups in total. The van der Waals surface area contributed by atoms with Gasteiger partial charge in [-0.15, -0.1) is 0 Å². The molecule has 1 rings (SSSR count). The lowest BCUT2D eigenvalue weighted by Gasteiger charge is -1.94. The fourth-order valence-corrected chi connectivity index (χ4v) is 10.5. The summed E-state index contributed by atoms with van der Waals surface area (Å²) in [6, 6.07) is 6.27. The molecule has 0 spiro atoms. The molecule has 0 radical (unpaired) electrons. The fourth-order valence-electron chi connectivity index (χ4n) is 0.927. The van der Waals surface area contributed by atoms with E-state index in [9.17, 15) is 10.1 Å². The molecule has 0 aliphatic carbocycles. The van der Waals surface area contributed by atoms with Gasteiger partial charge in [0, 0.05) is 20.2 Å². The standard InChI is InChI=1S/C8H6N2O2.P2S5/c1-6-2-3-7(5-9)8(4-6)10(11)12;3-1-2-5-7-6-4/h2-4H,1H3;. The van der Waals surface area contributed by atoms with Gasteiger partial charge in [-0.1, -0.05) is 6.07 Å². The number of nitrogens with zero attached hydrogens (tertiary/aromatic N) is 2. The quantitative estimate of drug-likeness (QED) is 0.444. The van der Waals surface area contributed by atoms with Crippen LogP contribution in [0.4, 0.5) is 5.69 Å². The fraction of sp³-hybridized carbons (Fsp3) is 0.125. The third kappa shape index (κ3) is 8.56. The van der Waals surface area contributed by atoms with Crippen molar-refractivity contribution in [2.24, 2.45) is 0 Å². The molecule has 0 fully saturated rings. The first-order valence-electron chi connectivity index (χ1n) is 4.37. The first-order valence-corrected chi connectivity index (χ1v) is 12.9. The highest BCUT2D eigenvalue weighted by Gasteiger charge is 2.12. The second-order valence-corrected chi connectivity index (χ2v) is 12.5. The largest absolute Gasteiger partial charge is 0.287 e. The number of nitro benzene ring substituents is 1. The number of rotatable bonds is 2. The van der Waals surface area contributed by atoms with E-state index in [2.05, 4.69) is 23.0 Å². The Bertz CT molecular complexity index is 656. The van der Waals surface area contributed by atoms with Crippen LogP contribution in [0, 0.1) is 28.4 Å². The summed E-state index contributed by atoms with van der Waals surface area (Å²) in [6.45, 7) is 1.74. The van der Waals surface area contributed by atoms with E-state index in [1.807, 2.05) is 0 Å². The second kappa shape index (κ2) is 11.6. The van der Waals surface area contributed by atoms with Gasteiger partial charge in [0.05, 0.1) is 4.92 Å². The van der Waals surface area contributed by atoms with Gasteiger partial charge >= 0.3 is 0 Å². The molecule has 0 bridgehead atoms. The van der Waals surface area contributed by atoms with Crippen molar-refractivity contribution in [1.82, 2.24) is 0 Å². The molecule has 19 heavy (non-hydrogen) atoms. The van der Waals surface area contributed by atoms with E-state index in [0.717, 1.165) is 12.6 Å². The van der Waals surface area contributed by atoms with Gasteiger partial charge in [-0.25, -0.2) is 0 Å². The van der Waals surface area contributed by atoms with Crippen molar-refractivity contribution in [3.8, 4) is 6.07 Å². The Labute approximate surface area is 132 Å². The van der Waals surface area contributed by atoms with Crippen LogP contribution < -0.4 is 0 Å². The van der Waals surface area contributed by atoms with E-state index in [1.54, 1.807) is 37.4 Å². The Hall–Kier alpha value is -0.190. The molecule has 0 atom stereocenters. The molecule has 11 heteroatoms. The highest BCUT2D eigenvalue weighted by Crippen LogP contribution is 2.18. The molecule has 0 amide bonds. The minimum Gasteiger partial charge on any atom is -0.258 e. The molecule has 0 unspecified atom stereocenters. The van der Waals surface area contributed by atoms with E-state index in [0.29, 0.717) is 0 Å². The summed E-state index contributed by atoms with van der Waals surface area (Å²) >= 11 is 9.23. The number of nitro groups is 1. The number of hydrogen-bond acceptors (Lipinski definition) is 5. The zero-order valence-corrected chi connectivity index (χ0v) is 15.2. The van der Waals surface area contributed by atoms with Gasteiger partial charge < -0.3 is 0 Å². The van der Waals surface area contributed by atoms with Crippen LogP contribution in [-0.2, 0) is 50.3 Å². The van der Waals surface area contributed by atoms with E-state index in [4.69, 9.17) is 5.26 Å². The maximum Gasteiger partial charge on any atom is 0.287 e. The van der Waals surface area contributed by atoms with Crippen LogP contribution in [0.1, 0.15) is 11.1 Å². The number of aryl methyl sites for hydroxylation is 1. The molecule has 100 valence electrons. The number of hydrogen-bond donors (Lipinski definition) is 0. The summed E-state index contributed by atoms with van der Waals surface area (Å²) in [6.07, 6.45) is 0. The first kappa shape index (κ1) is 18.8. The lowest BCUT2D eigenvalue weighted by atomic mass is 10.1. The highest BCUT2D eigenvalue weighted by atomic mass is 33.3. The van der Waals surface area contributed by atoms with Crippen LogP contribution >= 0.6 is 14.1 Å². The topological polar surface area (TPSA) is 66.9 Å². The number of nitriles is 1. The van der Waals surface area contributed by atoms with E-state index in [-0.39, 0.29) is 11.3 Å². The van der Waals surface area contributed by atoms with Crippen molar-refractivity contribution < 1.29 is 4.92 Å². The monoisotopic (exact) mass is 384 g/mol. The minimum atomic E-state index is -0.550. The predicted molar refractivity (Wildman–Crippen MR) is 93.2 cm³/mol. The van der Waals surface area contributed by atoms with Gasteiger partial charge in [-0.3, -0.25) is 10.1 Å². The molecule has 0 aromatic heterocycles. The van der Waals surface area contributed by atoms with Gasteiger partial charge in [-0.2, -0.15) is 5.26 Å². The van der Waals surface area contributed by atoms with Crippen LogP contribution in [0.25, 0.3) is 0 Å². The molecule has 0 aliphatic rings. The molecule has 0 heterocycles. The van der Waals surface area contributed by atoms with Crippen LogP contribution in [0.2, 0.25) is 0 Å². The van der Waals surface area contributed by atoms with Gasteiger partial charge in [-0.05, 0) is 68.8 Å². The SMILES string of the molecule is Cc1ccc(C#N)c([N+](=O)[O-])c1.S=PP=S=S=S=S. The van der Waals surface area contributed by atoms with Crippen molar-refractivity contribution in [2.75, 3.05) is 0 Å². The van der Waals surface area contributed by atoms with E-state index < -0.39 is 4.92 Å². The highest BCUT2D eigenvalue weighted by molar-refractivity contribution is 8.63. The smallest absolute Gasteiger partial charge is 0.258 e. The summed E-state index contributed by atoms with van der Waals surface area (Å²) in [5.41, 5.74) is 0.754. The van der Waals surface area contributed by atoms with Crippen molar-refractivity contribution in [1.29, 1.82) is 5.26 Å². The Morgan fingerprint density at radius 2 is 2.21 bits per heavy atom. The molecule has 1 aromatic rings. The Kier molecular flexibility index (Phi) is 11.5. The van der Waals surface area contributed by atoms with Crippen molar-refractivity contribution in [3.63, 3.8) is 0 Å². The summed E-state index contributed by atoms with van der Waals surface area (Å²) in [7, 11) is 6.83. The summed E-state index contributed by atoms with van der Waals surface area (Å²) in [5, 5.41) is 18.9. The maximum atomic E-state index is 10.4. The average molecular weight is 384 g/mol. The molecular weight excluding hydrogens is 378 g/mol. The van der Waals surface area contributed by atoms with E-state index >= 15 is 0 Å². The second-order valence-electron chi connectivity index (χ2n) is 2.76. The number of benzene rings is 1. The van der Waals surface area contributed by atoms with Gasteiger partial charge in [0.1, 0.15) is 11.6 Å². The van der Waals surface area contributed by atoms with Crippen LogP contribution in [0.3, 0.4) is 0 Å². The normalized spacial score (nSPS) is 8.84. The Morgan fingerprint density at radius 1 is 1.53 bits per heavy atom. The third-order valence-corrected chi connectivity index (χ3v) is 11.6. The van der Waals surface area contributed by atoms with Crippen LogP contribution in [0.5, 0.6) is 0 Å². The summed E-state index contributed by atoms with van der Waals surface area (Å²) in [5.74, 6) is 0. The Balaban J connectivity index is 0.000000399. The van der Waals surface area contributed by atoms with Crippen LogP contribution in [0.15, 0.2) is 18.2 Å². The maximum absolute atomic E-state index is 10.4. The summed E-state index contributed by atoms with van der Waals surface area (Å²) in [4.78, 5) is 9.84. The molecule has 0 aliphatic heterocycles. The van der Waals surface area contributed by atoms with E-state index in [1.165, 1.54) is 28.1 Å². The third-order valence-electron chi connectivity index (χ3n) is 1.60. The lowest BCUT2D eigenvalue weighted by molar-refractivity contribution is -0.385. The van der Waals surface area contributed by atoms with Gasteiger partial charge in [0.25, 0.3) is 5.69 Å². The minimum absolute atomic E-state index is 0.102. The van der Waals surface area contributed by atoms with Crippen molar-refractivity contribution >= 4 is 70.0 Å². The zero-order chi connectivity index (χ0) is 14.7. The molecule has 0 saturated carbocycles. The van der Waals surface area contributed by atoms with Crippen molar-refractivity contribution in [3.05, 3.63) is 39.4 Å². The first-order chi connectivity index (χ1) is 9.06. The molecule has 4 nitrogen and oxygen atoms in total.